The van der Waals surface area contributed by atoms with E-state index in [1.165, 1.54) is 16.2 Å². The second kappa shape index (κ2) is 6.80. The van der Waals surface area contributed by atoms with Crippen molar-refractivity contribution in [3.05, 3.63) is 58.6 Å². The van der Waals surface area contributed by atoms with Crippen molar-refractivity contribution >= 4 is 43.4 Å². The van der Waals surface area contributed by atoms with Crippen LogP contribution in [0, 0.1) is 5.41 Å². The number of hydrogen-bond donors (Lipinski definition) is 0. The average molecular weight is 399 g/mol. The molecule has 1 unspecified atom stereocenters. The number of carbonyl (C=O) groups excluding carboxylic acids is 1. The highest BCUT2D eigenvalue weighted by atomic mass is 79.9. The van der Waals surface area contributed by atoms with Crippen LogP contribution in [0.25, 0.3) is 21.5 Å². The van der Waals surface area contributed by atoms with Gasteiger partial charge in [-0.15, -0.1) is 0 Å². The number of ether oxygens (including phenoxy) is 1. The molecule has 0 aromatic heterocycles. The lowest BCUT2D eigenvalue weighted by molar-refractivity contribution is -0.159. The largest absolute Gasteiger partial charge is 0.457 e. The zero-order valence-electron chi connectivity index (χ0n) is 15.1. The Morgan fingerprint density at radius 3 is 2.52 bits per heavy atom. The topological polar surface area (TPSA) is 26.3 Å². The standard InChI is InChI=1S/C22H23BrO2/c1-5-22(3,4)21(24)25-14(2)17-12-16-11-10-15-8-6-7-9-18(15)20(16)19(23)13-17/h6-14H,5H2,1-4H3. The fourth-order valence-corrected chi connectivity index (χ4v) is 3.59. The molecule has 0 spiro atoms. The number of rotatable bonds is 4. The van der Waals surface area contributed by atoms with E-state index in [0.29, 0.717) is 0 Å². The summed E-state index contributed by atoms with van der Waals surface area (Å²) in [6.45, 7) is 7.77. The molecule has 0 bridgehead atoms. The molecule has 0 N–H and O–H groups in total. The lowest BCUT2D eigenvalue weighted by Gasteiger charge is -2.24. The van der Waals surface area contributed by atoms with E-state index in [-0.39, 0.29) is 12.1 Å². The summed E-state index contributed by atoms with van der Waals surface area (Å²) in [4.78, 5) is 12.4. The smallest absolute Gasteiger partial charge is 0.312 e. The predicted molar refractivity (Wildman–Crippen MR) is 108 cm³/mol. The van der Waals surface area contributed by atoms with Crippen LogP contribution in [0.4, 0.5) is 0 Å². The van der Waals surface area contributed by atoms with Gasteiger partial charge in [-0.1, -0.05) is 59.3 Å². The molecule has 25 heavy (non-hydrogen) atoms. The van der Waals surface area contributed by atoms with Gasteiger partial charge in [-0.05, 0) is 61.0 Å². The van der Waals surface area contributed by atoms with Crippen LogP contribution in [-0.2, 0) is 9.53 Å². The zero-order chi connectivity index (χ0) is 18.2. The van der Waals surface area contributed by atoms with Gasteiger partial charge in [0.1, 0.15) is 6.10 Å². The van der Waals surface area contributed by atoms with Crippen LogP contribution in [0.5, 0.6) is 0 Å². The van der Waals surface area contributed by atoms with Crippen LogP contribution in [0.2, 0.25) is 0 Å². The number of benzene rings is 3. The molecule has 2 nitrogen and oxygen atoms in total. The maximum atomic E-state index is 12.4. The average Bonchev–Trinajstić information content (AvgIpc) is 2.60. The molecule has 1 atom stereocenters. The number of carbonyl (C=O) groups is 1. The molecule has 0 heterocycles. The van der Waals surface area contributed by atoms with Crippen LogP contribution < -0.4 is 0 Å². The molecule has 3 heteroatoms. The van der Waals surface area contributed by atoms with Crippen LogP contribution in [0.3, 0.4) is 0 Å². The lowest BCUT2D eigenvalue weighted by atomic mass is 9.90. The summed E-state index contributed by atoms with van der Waals surface area (Å²) in [7, 11) is 0. The van der Waals surface area contributed by atoms with E-state index in [1.807, 2.05) is 33.8 Å². The monoisotopic (exact) mass is 398 g/mol. The molecule has 3 aromatic rings. The van der Waals surface area contributed by atoms with Crippen molar-refractivity contribution in [2.45, 2.75) is 40.2 Å². The molecule has 0 aliphatic rings. The molecular weight excluding hydrogens is 376 g/mol. The Labute approximate surface area is 157 Å². The van der Waals surface area contributed by atoms with Gasteiger partial charge in [0.05, 0.1) is 5.41 Å². The van der Waals surface area contributed by atoms with Gasteiger partial charge in [-0.3, -0.25) is 4.79 Å². The first-order chi connectivity index (χ1) is 11.8. The molecular formula is C22H23BrO2. The highest BCUT2D eigenvalue weighted by molar-refractivity contribution is 9.10. The Morgan fingerprint density at radius 1 is 1.12 bits per heavy atom. The van der Waals surface area contributed by atoms with E-state index >= 15 is 0 Å². The molecule has 130 valence electrons. The quantitative estimate of drug-likeness (QED) is 0.356. The maximum Gasteiger partial charge on any atom is 0.312 e. The maximum absolute atomic E-state index is 12.4. The van der Waals surface area contributed by atoms with Gasteiger partial charge in [-0.25, -0.2) is 0 Å². The third-order valence-corrected chi connectivity index (χ3v) is 5.63. The summed E-state index contributed by atoms with van der Waals surface area (Å²) in [5.74, 6) is -0.155. The Bertz CT molecular complexity index is 943. The second-order valence-corrected chi connectivity index (χ2v) is 8.03. The molecule has 0 aliphatic carbocycles. The Kier molecular flexibility index (Phi) is 4.88. The molecule has 3 rings (SSSR count). The van der Waals surface area contributed by atoms with Gasteiger partial charge in [0.2, 0.25) is 0 Å². The molecule has 0 fully saturated rings. The van der Waals surface area contributed by atoms with Gasteiger partial charge < -0.3 is 4.74 Å². The third kappa shape index (κ3) is 3.43. The molecule has 0 aliphatic heterocycles. The fourth-order valence-electron chi connectivity index (χ4n) is 2.88. The highest BCUT2D eigenvalue weighted by Gasteiger charge is 2.29. The van der Waals surface area contributed by atoms with E-state index < -0.39 is 5.41 Å². The van der Waals surface area contributed by atoms with Crippen molar-refractivity contribution in [1.82, 2.24) is 0 Å². The number of hydrogen-bond acceptors (Lipinski definition) is 2. The van der Waals surface area contributed by atoms with E-state index in [4.69, 9.17) is 4.74 Å². The Balaban J connectivity index is 2.01. The Hall–Kier alpha value is -1.87. The first-order valence-corrected chi connectivity index (χ1v) is 9.45. The van der Waals surface area contributed by atoms with Crippen molar-refractivity contribution in [3.8, 4) is 0 Å². The minimum absolute atomic E-state index is 0.155. The van der Waals surface area contributed by atoms with E-state index in [2.05, 4.69) is 58.4 Å². The summed E-state index contributed by atoms with van der Waals surface area (Å²) in [6.07, 6.45) is 0.469. The highest BCUT2D eigenvalue weighted by Crippen LogP contribution is 2.35. The van der Waals surface area contributed by atoms with Gasteiger partial charge in [0.15, 0.2) is 0 Å². The summed E-state index contributed by atoms with van der Waals surface area (Å²) >= 11 is 3.72. The lowest BCUT2D eigenvalue weighted by Crippen LogP contribution is -2.26. The van der Waals surface area contributed by atoms with Gasteiger partial charge in [0.25, 0.3) is 0 Å². The van der Waals surface area contributed by atoms with Crippen molar-refractivity contribution < 1.29 is 9.53 Å². The molecule has 0 amide bonds. The third-order valence-electron chi connectivity index (χ3n) is 5.01. The van der Waals surface area contributed by atoms with E-state index in [0.717, 1.165) is 21.8 Å². The van der Waals surface area contributed by atoms with Crippen molar-refractivity contribution in [2.24, 2.45) is 5.41 Å². The first kappa shape index (κ1) is 17.9. The van der Waals surface area contributed by atoms with Crippen molar-refractivity contribution in [1.29, 1.82) is 0 Å². The van der Waals surface area contributed by atoms with Crippen LogP contribution >= 0.6 is 15.9 Å². The molecule has 3 aromatic carbocycles. The van der Waals surface area contributed by atoms with Crippen LogP contribution in [-0.4, -0.2) is 5.97 Å². The van der Waals surface area contributed by atoms with Gasteiger partial charge in [0, 0.05) is 9.86 Å². The second-order valence-electron chi connectivity index (χ2n) is 7.17. The Morgan fingerprint density at radius 2 is 1.80 bits per heavy atom. The minimum atomic E-state index is -0.460. The van der Waals surface area contributed by atoms with E-state index in [9.17, 15) is 4.79 Å². The normalized spacial score (nSPS) is 13.2. The SMILES string of the molecule is CCC(C)(C)C(=O)OC(C)c1cc(Br)c2c(ccc3ccccc32)c1. The van der Waals surface area contributed by atoms with Gasteiger partial charge >= 0.3 is 5.97 Å². The van der Waals surface area contributed by atoms with Crippen LogP contribution in [0.15, 0.2) is 53.0 Å². The summed E-state index contributed by atoms with van der Waals surface area (Å²) in [6, 6.07) is 16.8. The summed E-state index contributed by atoms with van der Waals surface area (Å²) in [5.41, 5.74) is 0.536. The van der Waals surface area contributed by atoms with Crippen molar-refractivity contribution in [3.63, 3.8) is 0 Å². The fraction of sp³-hybridized carbons (Fsp3) is 0.318. The molecule has 0 radical (unpaired) electrons. The summed E-state index contributed by atoms with van der Waals surface area (Å²) < 4.78 is 6.75. The predicted octanol–water partition coefficient (Wildman–Crippen LogP) is 6.80. The number of fused-ring (bicyclic) bond motifs is 3. The van der Waals surface area contributed by atoms with Crippen molar-refractivity contribution in [2.75, 3.05) is 0 Å². The molecule has 0 saturated heterocycles. The van der Waals surface area contributed by atoms with Gasteiger partial charge in [-0.2, -0.15) is 0 Å². The zero-order valence-corrected chi connectivity index (χ0v) is 16.7. The summed E-state index contributed by atoms with van der Waals surface area (Å²) in [5, 5.41) is 4.76. The first-order valence-electron chi connectivity index (χ1n) is 8.65. The minimum Gasteiger partial charge on any atom is -0.457 e. The number of esters is 1. The number of halogens is 1. The molecule has 0 saturated carbocycles. The van der Waals surface area contributed by atoms with Crippen LogP contribution in [0.1, 0.15) is 45.8 Å². The van der Waals surface area contributed by atoms with E-state index in [1.54, 1.807) is 0 Å².